The first kappa shape index (κ1) is 20.4. The van der Waals surface area contributed by atoms with Crippen molar-refractivity contribution < 1.29 is 9.63 Å². The Morgan fingerprint density at radius 1 is 1.06 bits per heavy atom. The summed E-state index contributed by atoms with van der Waals surface area (Å²) >= 11 is 0. The van der Waals surface area contributed by atoms with Crippen LogP contribution in [0.15, 0.2) is 28.8 Å². The fraction of sp³-hybridized carbons (Fsp3) is 0.542. The Morgan fingerprint density at radius 3 is 2.65 bits per heavy atom. The number of pyridine rings is 1. The summed E-state index contributed by atoms with van der Waals surface area (Å²) in [6.07, 6.45) is 6.81. The summed E-state index contributed by atoms with van der Waals surface area (Å²) in [6.45, 7) is 5.25. The average Bonchev–Trinajstić information content (AvgIpc) is 3.21. The van der Waals surface area contributed by atoms with Crippen LogP contribution in [0, 0.1) is 13.8 Å². The molecule has 0 amide bonds. The van der Waals surface area contributed by atoms with Crippen molar-refractivity contribution in [2.75, 3.05) is 18.0 Å². The van der Waals surface area contributed by atoms with Gasteiger partial charge in [-0.05, 0) is 51.3 Å². The normalized spacial score (nSPS) is 22.9. The van der Waals surface area contributed by atoms with Gasteiger partial charge in [0.15, 0.2) is 5.82 Å². The third-order valence-electron chi connectivity index (χ3n) is 6.64. The van der Waals surface area contributed by atoms with Crippen LogP contribution in [0.3, 0.4) is 0 Å². The van der Waals surface area contributed by atoms with E-state index >= 15 is 0 Å². The zero-order chi connectivity index (χ0) is 21.4. The van der Waals surface area contributed by atoms with E-state index in [0.29, 0.717) is 24.3 Å². The number of anilines is 1. The van der Waals surface area contributed by atoms with Crippen molar-refractivity contribution in [2.45, 2.75) is 70.6 Å². The van der Waals surface area contributed by atoms with Gasteiger partial charge < -0.3 is 19.8 Å². The predicted molar refractivity (Wildman–Crippen MR) is 121 cm³/mol. The minimum atomic E-state index is -0.441. The number of aromatic nitrogens is 3. The highest BCUT2D eigenvalue weighted by atomic mass is 16.5. The number of aliphatic hydroxyl groups is 1. The highest BCUT2D eigenvalue weighted by molar-refractivity contribution is 5.88. The number of nitrogens with one attached hydrogen (secondary N) is 1. The molecule has 3 aromatic rings. The van der Waals surface area contributed by atoms with Crippen LogP contribution in [0.5, 0.6) is 0 Å². The lowest BCUT2D eigenvalue weighted by atomic mass is 9.92. The van der Waals surface area contributed by atoms with Gasteiger partial charge in [0.2, 0.25) is 0 Å². The molecule has 7 nitrogen and oxygen atoms in total. The van der Waals surface area contributed by atoms with Crippen LogP contribution in [-0.4, -0.2) is 51.5 Å². The Kier molecular flexibility index (Phi) is 5.63. The summed E-state index contributed by atoms with van der Waals surface area (Å²) in [5.74, 6) is 1.87. The van der Waals surface area contributed by atoms with Gasteiger partial charge in [0.05, 0.1) is 17.2 Å². The minimum absolute atomic E-state index is 0.136. The van der Waals surface area contributed by atoms with E-state index in [9.17, 15) is 5.11 Å². The standard InChI is InChI=1S/C24H31N5O2/c1-15-8-9-20-17(12-15)13-19(24-25-16(2)28-31-24)23(27-20)29-11-10-21(22(30)14-29)26-18-6-4-3-5-7-18/h8-9,12-13,18,21-22,26,30H,3-7,10-11,14H2,1-2H3/t21-,22+/m0/s1. The van der Waals surface area contributed by atoms with Gasteiger partial charge >= 0.3 is 0 Å². The van der Waals surface area contributed by atoms with Crippen molar-refractivity contribution >= 4 is 16.7 Å². The van der Waals surface area contributed by atoms with E-state index in [1.54, 1.807) is 0 Å². The van der Waals surface area contributed by atoms with E-state index in [4.69, 9.17) is 9.51 Å². The van der Waals surface area contributed by atoms with Gasteiger partial charge in [-0.15, -0.1) is 0 Å². The summed E-state index contributed by atoms with van der Waals surface area (Å²) < 4.78 is 5.51. The molecular weight excluding hydrogens is 390 g/mol. The first-order valence-corrected chi connectivity index (χ1v) is 11.5. The number of piperidine rings is 1. The number of hydrogen-bond acceptors (Lipinski definition) is 7. The second-order valence-electron chi connectivity index (χ2n) is 9.11. The van der Waals surface area contributed by atoms with E-state index in [1.807, 2.05) is 13.0 Å². The molecule has 1 aliphatic carbocycles. The molecule has 2 fully saturated rings. The molecule has 2 atom stereocenters. The summed E-state index contributed by atoms with van der Waals surface area (Å²) in [4.78, 5) is 11.6. The number of β-amino-alcohol motifs (C(OH)–C–C–N with tert-alkyl or cyclic N) is 1. The summed E-state index contributed by atoms with van der Waals surface area (Å²) in [5.41, 5.74) is 2.93. The Morgan fingerprint density at radius 2 is 1.90 bits per heavy atom. The topological polar surface area (TPSA) is 87.3 Å². The largest absolute Gasteiger partial charge is 0.390 e. The maximum atomic E-state index is 11.0. The number of aryl methyl sites for hydroxylation is 2. The molecule has 2 aliphatic rings. The Hall–Kier alpha value is -2.51. The van der Waals surface area contributed by atoms with E-state index in [0.717, 1.165) is 35.2 Å². The van der Waals surface area contributed by atoms with Crippen molar-refractivity contribution in [1.82, 2.24) is 20.4 Å². The lowest BCUT2D eigenvalue weighted by Crippen LogP contribution is -2.55. The predicted octanol–water partition coefficient (Wildman–Crippen LogP) is 3.76. The number of hydrogen-bond donors (Lipinski definition) is 2. The lowest BCUT2D eigenvalue weighted by molar-refractivity contribution is 0.103. The van der Waals surface area contributed by atoms with E-state index in [-0.39, 0.29) is 6.04 Å². The molecule has 0 bridgehead atoms. The van der Waals surface area contributed by atoms with Crippen LogP contribution in [0.2, 0.25) is 0 Å². The zero-order valence-corrected chi connectivity index (χ0v) is 18.3. The SMILES string of the molecule is Cc1ccc2nc(N3CC[C@H](NC4CCCCC4)[C@H](O)C3)c(-c3nc(C)no3)cc2c1. The van der Waals surface area contributed by atoms with Crippen LogP contribution >= 0.6 is 0 Å². The maximum Gasteiger partial charge on any atom is 0.261 e. The molecule has 1 aromatic carbocycles. The van der Waals surface area contributed by atoms with Crippen molar-refractivity contribution in [3.8, 4) is 11.5 Å². The molecule has 3 heterocycles. The molecule has 1 saturated heterocycles. The molecule has 5 rings (SSSR count). The van der Waals surface area contributed by atoms with Crippen LogP contribution in [-0.2, 0) is 0 Å². The highest BCUT2D eigenvalue weighted by Crippen LogP contribution is 2.33. The smallest absolute Gasteiger partial charge is 0.261 e. The van der Waals surface area contributed by atoms with Crippen LogP contribution in [0.4, 0.5) is 5.82 Å². The molecule has 7 heteroatoms. The van der Waals surface area contributed by atoms with Crippen molar-refractivity contribution in [3.63, 3.8) is 0 Å². The monoisotopic (exact) mass is 421 g/mol. The van der Waals surface area contributed by atoms with Crippen LogP contribution in [0.25, 0.3) is 22.4 Å². The number of fused-ring (bicyclic) bond motifs is 1. The van der Waals surface area contributed by atoms with Crippen molar-refractivity contribution in [3.05, 3.63) is 35.7 Å². The quantitative estimate of drug-likeness (QED) is 0.663. The molecule has 2 N–H and O–H groups in total. The summed E-state index contributed by atoms with van der Waals surface area (Å²) in [7, 11) is 0. The first-order chi connectivity index (χ1) is 15.1. The van der Waals surface area contributed by atoms with Gasteiger partial charge in [-0.3, -0.25) is 0 Å². The molecule has 1 saturated carbocycles. The molecule has 0 unspecified atom stereocenters. The van der Waals surface area contributed by atoms with Crippen LogP contribution in [0.1, 0.15) is 49.9 Å². The molecule has 31 heavy (non-hydrogen) atoms. The third-order valence-corrected chi connectivity index (χ3v) is 6.64. The van der Waals surface area contributed by atoms with Gasteiger partial charge in [-0.2, -0.15) is 4.98 Å². The Bertz CT molecular complexity index is 1060. The minimum Gasteiger partial charge on any atom is -0.390 e. The highest BCUT2D eigenvalue weighted by Gasteiger charge is 2.32. The number of aliphatic hydroxyl groups excluding tert-OH is 1. The van der Waals surface area contributed by atoms with E-state index in [2.05, 4.69) is 45.5 Å². The van der Waals surface area contributed by atoms with Gasteiger partial charge in [-0.1, -0.05) is 36.0 Å². The second-order valence-corrected chi connectivity index (χ2v) is 9.11. The van der Waals surface area contributed by atoms with Gasteiger partial charge in [-0.25, -0.2) is 4.98 Å². The summed E-state index contributed by atoms with van der Waals surface area (Å²) in [6, 6.07) is 9.00. The number of rotatable bonds is 4. The van der Waals surface area contributed by atoms with Gasteiger partial charge in [0, 0.05) is 30.6 Å². The lowest BCUT2D eigenvalue weighted by Gasteiger charge is -2.39. The fourth-order valence-electron chi connectivity index (χ4n) is 4.98. The summed E-state index contributed by atoms with van der Waals surface area (Å²) in [5, 5.41) is 19.7. The number of benzene rings is 1. The molecule has 164 valence electrons. The molecule has 0 radical (unpaired) electrons. The molecular formula is C24H31N5O2. The van der Waals surface area contributed by atoms with Gasteiger partial charge in [0.25, 0.3) is 5.89 Å². The maximum absolute atomic E-state index is 11.0. The van der Waals surface area contributed by atoms with Crippen molar-refractivity contribution in [2.24, 2.45) is 0 Å². The molecule has 0 spiro atoms. The first-order valence-electron chi connectivity index (χ1n) is 11.5. The van der Waals surface area contributed by atoms with Crippen LogP contribution < -0.4 is 10.2 Å². The van der Waals surface area contributed by atoms with E-state index < -0.39 is 6.10 Å². The molecule has 2 aromatic heterocycles. The number of nitrogens with zero attached hydrogens (tertiary/aromatic N) is 4. The average molecular weight is 422 g/mol. The Balaban J connectivity index is 1.43. The zero-order valence-electron chi connectivity index (χ0n) is 18.3. The van der Waals surface area contributed by atoms with Crippen molar-refractivity contribution in [1.29, 1.82) is 0 Å². The fourth-order valence-corrected chi connectivity index (χ4v) is 4.98. The third kappa shape index (κ3) is 4.29. The molecule has 1 aliphatic heterocycles. The second kappa shape index (κ2) is 8.55. The van der Waals surface area contributed by atoms with E-state index in [1.165, 1.54) is 37.7 Å². The van der Waals surface area contributed by atoms with Gasteiger partial charge in [0.1, 0.15) is 5.82 Å². The Labute approximate surface area is 182 Å².